The molecule has 4 aromatic rings. The highest BCUT2D eigenvalue weighted by Gasteiger charge is 2.20. The first-order valence-corrected chi connectivity index (χ1v) is 12.2. The summed E-state index contributed by atoms with van der Waals surface area (Å²) in [5, 5.41) is 0.263. The molecule has 0 saturated heterocycles. The SMILES string of the molecule is CCCCCn1c(=NC(=O)c2ccc(C)cc2)c(C(=O)OCC)cc2c(=O)n3cccc(C)c3nc21. The van der Waals surface area contributed by atoms with E-state index in [4.69, 9.17) is 9.72 Å². The number of aromatic nitrogens is 3. The number of pyridine rings is 2. The molecule has 1 aromatic carbocycles. The van der Waals surface area contributed by atoms with Crippen molar-refractivity contribution < 1.29 is 14.3 Å². The second-order valence-electron chi connectivity index (χ2n) is 8.78. The number of benzene rings is 1. The highest BCUT2D eigenvalue weighted by atomic mass is 16.5. The molecule has 0 unspecified atom stereocenters. The van der Waals surface area contributed by atoms with Crippen molar-refractivity contribution >= 4 is 28.6 Å². The lowest BCUT2D eigenvalue weighted by Crippen LogP contribution is -2.33. The van der Waals surface area contributed by atoms with Gasteiger partial charge in [-0.05, 0) is 57.0 Å². The van der Waals surface area contributed by atoms with E-state index in [-0.39, 0.29) is 28.6 Å². The molecule has 0 aliphatic heterocycles. The summed E-state index contributed by atoms with van der Waals surface area (Å²) < 4.78 is 8.48. The monoisotopic (exact) mass is 486 g/mol. The van der Waals surface area contributed by atoms with Gasteiger partial charge in [0.2, 0.25) is 0 Å². The Kier molecular flexibility index (Phi) is 7.43. The summed E-state index contributed by atoms with van der Waals surface area (Å²) in [5.41, 5.74) is 3.06. The minimum Gasteiger partial charge on any atom is -0.462 e. The zero-order valence-corrected chi connectivity index (χ0v) is 21.1. The molecule has 0 atom stereocenters. The Morgan fingerprint density at radius 1 is 1.03 bits per heavy atom. The molecule has 0 N–H and O–H groups in total. The van der Waals surface area contributed by atoms with Crippen LogP contribution in [-0.2, 0) is 11.3 Å². The minimum atomic E-state index is -0.646. The van der Waals surface area contributed by atoms with Crippen molar-refractivity contribution in [2.45, 2.75) is 53.5 Å². The van der Waals surface area contributed by atoms with Gasteiger partial charge >= 0.3 is 5.97 Å². The molecule has 0 saturated carbocycles. The number of rotatable bonds is 7. The smallest absolute Gasteiger partial charge is 0.341 e. The lowest BCUT2D eigenvalue weighted by Gasteiger charge is -2.15. The predicted octanol–water partition coefficient (Wildman–Crippen LogP) is 4.37. The molecule has 0 aliphatic rings. The number of aryl methyl sites for hydroxylation is 3. The Labute approximate surface area is 208 Å². The van der Waals surface area contributed by atoms with Crippen LogP contribution in [0.5, 0.6) is 0 Å². The van der Waals surface area contributed by atoms with Crippen molar-refractivity contribution in [2.24, 2.45) is 4.99 Å². The molecule has 3 aromatic heterocycles. The van der Waals surface area contributed by atoms with Crippen LogP contribution < -0.4 is 11.0 Å². The first-order chi connectivity index (χ1) is 17.3. The maximum absolute atomic E-state index is 13.5. The number of hydrogen-bond acceptors (Lipinski definition) is 5. The van der Waals surface area contributed by atoms with Crippen LogP contribution in [0, 0.1) is 13.8 Å². The Morgan fingerprint density at radius 3 is 2.47 bits per heavy atom. The zero-order valence-electron chi connectivity index (χ0n) is 21.1. The normalized spacial score (nSPS) is 11.8. The fraction of sp³-hybridized carbons (Fsp3) is 0.321. The molecular formula is C28H30N4O4. The lowest BCUT2D eigenvalue weighted by molar-refractivity contribution is 0.0523. The highest BCUT2D eigenvalue weighted by molar-refractivity contribution is 5.97. The quantitative estimate of drug-likeness (QED) is 0.220. The first kappa shape index (κ1) is 25.0. The van der Waals surface area contributed by atoms with Gasteiger partial charge < -0.3 is 9.30 Å². The number of ether oxygens (including phenoxy) is 1. The third-order valence-electron chi connectivity index (χ3n) is 6.09. The molecule has 0 radical (unpaired) electrons. The van der Waals surface area contributed by atoms with Gasteiger partial charge in [0.05, 0.1) is 12.0 Å². The van der Waals surface area contributed by atoms with Gasteiger partial charge in [0.1, 0.15) is 16.9 Å². The minimum absolute atomic E-state index is 0.0628. The van der Waals surface area contributed by atoms with Crippen LogP contribution in [0.15, 0.2) is 58.4 Å². The summed E-state index contributed by atoms with van der Waals surface area (Å²) in [6, 6.07) is 12.2. The van der Waals surface area contributed by atoms with Crippen molar-refractivity contribution in [3.63, 3.8) is 0 Å². The summed E-state index contributed by atoms with van der Waals surface area (Å²) in [4.78, 5) is 49.0. The Morgan fingerprint density at radius 2 is 1.78 bits per heavy atom. The van der Waals surface area contributed by atoms with Gasteiger partial charge in [-0.15, -0.1) is 0 Å². The van der Waals surface area contributed by atoms with Gasteiger partial charge in [0.25, 0.3) is 11.5 Å². The largest absolute Gasteiger partial charge is 0.462 e. The molecule has 8 heteroatoms. The maximum atomic E-state index is 13.5. The van der Waals surface area contributed by atoms with Gasteiger partial charge in [-0.25, -0.2) is 9.78 Å². The number of amides is 1. The van der Waals surface area contributed by atoms with Crippen molar-refractivity contribution in [1.29, 1.82) is 0 Å². The van der Waals surface area contributed by atoms with Crippen molar-refractivity contribution in [2.75, 3.05) is 6.61 Å². The Bertz CT molecular complexity index is 1580. The average molecular weight is 487 g/mol. The number of esters is 1. The van der Waals surface area contributed by atoms with Crippen LogP contribution in [-0.4, -0.2) is 32.4 Å². The summed E-state index contributed by atoms with van der Waals surface area (Å²) in [5.74, 6) is -1.13. The van der Waals surface area contributed by atoms with Crippen LogP contribution >= 0.6 is 0 Å². The molecule has 186 valence electrons. The molecule has 36 heavy (non-hydrogen) atoms. The Balaban J connectivity index is 2.11. The van der Waals surface area contributed by atoms with E-state index >= 15 is 0 Å². The highest BCUT2D eigenvalue weighted by Crippen LogP contribution is 2.15. The fourth-order valence-corrected chi connectivity index (χ4v) is 4.16. The zero-order chi connectivity index (χ0) is 25.8. The molecule has 3 heterocycles. The maximum Gasteiger partial charge on any atom is 0.341 e. The van der Waals surface area contributed by atoms with E-state index in [0.717, 1.165) is 30.4 Å². The van der Waals surface area contributed by atoms with E-state index in [0.29, 0.717) is 23.4 Å². The van der Waals surface area contributed by atoms with Gasteiger partial charge in [-0.3, -0.25) is 14.0 Å². The second-order valence-corrected chi connectivity index (χ2v) is 8.78. The number of nitrogens with zero attached hydrogens (tertiary/aromatic N) is 4. The fourth-order valence-electron chi connectivity index (χ4n) is 4.16. The van der Waals surface area contributed by atoms with Crippen LogP contribution in [0.25, 0.3) is 16.7 Å². The van der Waals surface area contributed by atoms with Gasteiger partial charge in [-0.2, -0.15) is 4.99 Å². The summed E-state index contributed by atoms with van der Waals surface area (Å²) in [6.45, 7) is 8.19. The van der Waals surface area contributed by atoms with Crippen LogP contribution in [0.3, 0.4) is 0 Å². The number of carbonyl (C=O) groups is 2. The molecule has 1 amide bonds. The number of fused-ring (bicyclic) bond motifs is 2. The van der Waals surface area contributed by atoms with Gasteiger partial charge in [0.15, 0.2) is 5.49 Å². The number of hydrogen-bond donors (Lipinski definition) is 0. The molecule has 8 nitrogen and oxygen atoms in total. The van der Waals surface area contributed by atoms with Gasteiger partial charge in [-0.1, -0.05) is 43.5 Å². The van der Waals surface area contributed by atoms with E-state index in [9.17, 15) is 14.4 Å². The molecular weight excluding hydrogens is 456 g/mol. The van der Waals surface area contributed by atoms with E-state index < -0.39 is 11.9 Å². The first-order valence-electron chi connectivity index (χ1n) is 12.2. The molecule has 4 rings (SSSR count). The molecule has 0 bridgehead atoms. The topological polar surface area (TPSA) is 95.0 Å². The van der Waals surface area contributed by atoms with E-state index in [1.807, 2.05) is 32.0 Å². The third kappa shape index (κ3) is 4.84. The van der Waals surface area contributed by atoms with Gasteiger partial charge in [0, 0.05) is 18.3 Å². The van der Waals surface area contributed by atoms with Crippen LogP contribution in [0.4, 0.5) is 0 Å². The average Bonchev–Trinajstić information content (AvgIpc) is 2.86. The number of carbonyl (C=O) groups excluding carboxylic acids is 2. The Hall–Kier alpha value is -4.07. The van der Waals surface area contributed by atoms with Crippen molar-refractivity contribution in [1.82, 2.24) is 14.0 Å². The molecule has 0 fully saturated rings. The molecule has 0 spiro atoms. The lowest BCUT2D eigenvalue weighted by atomic mass is 10.1. The van der Waals surface area contributed by atoms with E-state index in [2.05, 4.69) is 11.9 Å². The second kappa shape index (κ2) is 10.7. The van der Waals surface area contributed by atoms with Crippen LogP contribution in [0.1, 0.15) is 65.0 Å². The van der Waals surface area contributed by atoms with Crippen LogP contribution in [0.2, 0.25) is 0 Å². The summed E-state index contributed by atoms with van der Waals surface area (Å²) in [7, 11) is 0. The standard InChI is InChI=1S/C28H30N4O4/c1-5-7-8-15-31-24-21(27(34)32-16-9-10-19(4)23(32)29-24)17-22(28(35)36-6-2)25(31)30-26(33)20-13-11-18(3)12-14-20/h9-14,16-17H,5-8,15H2,1-4H3. The summed E-state index contributed by atoms with van der Waals surface area (Å²) >= 11 is 0. The number of unbranched alkanes of at least 4 members (excludes halogenated alkanes) is 2. The molecule has 0 aliphatic carbocycles. The third-order valence-corrected chi connectivity index (χ3v) is 6.09. The summed E-state index contributed by atoms with van der Waals surface area (Å²) in [6.07, 6.45) is 4.32. The predicted molar refractivity (Wildman–Crippen MR) is 138 cm³/mol. The van der Waals surface area contributed by atoms with Crippen molar-refractivity contribution in [3.8, 4) is 0 Å². The van der Waals surface area contributed by atoms with E-state index in [1.165, 1.54) is 10.5 Å². The van der Waals surface area contributed by atoms with E-state index in [1.54, 1.807) is 35.9 Å². The van der Waals surface area contributed by atoms with Crippen molar-refractivity contribution in [3.05, 3.63) is 86.8 Å².